The molecule has 0 saturated carbocycles. The summed E-state index contributed by atoms with van der Waals surface area (Å²) in [6, 6.07) is 24.7. The number of amides is 2. The minimum absolute atomic E-state index is 0.0709. The standard InChI is InChI=1S/C24H23N3O2/c1-3-23(28)25-22-15-13-21(14-16-22)24(29)27-26-17(2)18-9-11-20(12-10-18)19-7-5-4-6-8-19/h4-16,26H,2-3H2,1H3,(H,25,28)(H,27,29). The lowest BCUT2D eigenvalue weighted by Gasteiger charge is -2.12. The Balaban J connectivity index is 1.56. The van der Waals surface area contributed by atoms with Gasteiger partial charge in [-0.1, -0.05) is 68.1 Å². The highest BCUT2D eigenvalue weighted by Gasteiger charge is 2.07. The molecule has 3 rings (SSSR count). The van der Waals surface area contributed by atoms with Crippen LogP contribution < -0.4 is 16.2 Å². The first kappa shape index (κ1) is 19.9. The molecule has 0 radical (unpaired) electrons. The molecule has 2 amide bonds. The Hall–Kier alpha value is -3.86. The van der Waals surface area contributed by atoms with E-state index in [0.717, 1.165) is 16.7 Å². The van der Waals surface area contributed by atoms with E-state index in [1.165, 1.54) is 0 Å². The van der Waals surface area contributed by atoms with Gasteiger partial charge in [0.15, 0.2) is 0 Å². The van der Waals surface area contributed by atoms with Crippen LogP contribution in [-0.2, 0) is 4.79 Å². The van der Waals surface area contributed by atoms with E-state index in [1.807, 2.05) is 42.5 Å². The molecule has 0 bridgehead atoms. The molecule has 0 unspecified atom stereocenters. The third kappa shape index (κ3) is 5.32. The van der Waals surface area contributed by atoms with Gasteiger partial charge in [-0.15, -0.1) is 0 Å². The summed E-state index contributed by atoms with van der Waals surface area (Å²) in [5.41, 5.74) is 10.3. The summed E-state index contributed by atoms with van der Waals surface area (Å²) >= 11 is 0. The molecule has 0 spiro atoms. The van der Waals surface area contributed by atoms with Crippen LogP contribution in [0.15, 0.2) is 85.4 Å². The Bertz CT molecular complexity index is 995. The van der Waals surface area contributed by atoms with Crippen molar-refractivity contribution in [2.45, 2.75) is 13.3 Å². The van der Waals surface area contributed by atoms with E-state index >= 15 is 0 Å². The van der Waals surface area contributed by atoms with Crippen LogP contribution in [-0.4, -0.2) is 11.8 Å². The monoisotopic (exact) mass is 385 g/mol. The number of rotatable bonds is 7. The first-order valence-electron chi connectivity index (χ1n) is 9.38. The maximum Gasteiger partial charge on any atom is 0.269 e. The van der Waals surface area contributed by atoms with E-state index in [4.69, 9.17) is 0 Å². The van der Waals surface area contributed by atoms with Crippen LogP contribution in [0.25, 0.3) is 16.8 Å². The van der Waals surface area contributed by atoms with Gasteiger partial charge in [0, 0.05) is 17.7 Å². The zero-order valence-electron chi connectivity index (χ0n) is 16.2. The minimum atomic E-state index is -0.291. The quantitative estimate of drug-likeness (QED) is 0.520. The number of benzene rings is 3. The molecular weight excluding hydrogens is 362 g/mol. The molecule has 3 aromatic rings. The van der Waals surface area contributed by atoms with Gasteiger partial charge < -0.3 is 5.32 Å². The highest BCUT2D eigenvalue weighted by atomic mass is 16.2. The summed E-state index contributed by atoms with van der Waals surface area (Å²) in [7, 11) is 0. The lowest BCUT2D eigenvalue weighted by Crippen LogP contribution is -2.35. The third-order valence-corrected chi connectivity index (χ3v) is 4.42. The average molecular weight is 385 g/mol. The molecule has 29 heavy (non-hydrogen) atoms. The van der Waals surface area contributed by atoms with Gasteiger partial charge in [-0.2, -0.15) is 0 Å². The summed E-state index contributed by atoms with van der Waals surface area (Å²) < 4.78 is 0. The predicted molar refractivity (Wildman–Crippen MR) is 117 cm³/mol. The molecule has 0 aliphatic heterocycles. The third-order valence-electron chi connectivity index (χ3n) is 4.42. The Kier molecular flexibility index (Phi) is 6.43. The number of hydrogen-bond donors (Lipinski definition) is 3. The molecule has 5 nitrogen and oxygen atoms in total. The normalized spacial score (nSPS) is 10.1. The first-order valence-corrected chi connectivity index (χ1v) is 9.38. The maximum atomic E-state index is 12.3. The van der Waals surface area contributed by atoms with Crippen LogP contribution in [0, 0.1) is 0 Å². The van der Waals surface area contributed by atoms with Gasteiger partial charge in [-0.05, 0) is 41.0 Å². The molecule has 0 saturated heterocycles. The molecule has 0 aliphatic rings. The highest BCUT2D eigenvalue weighted by molar-refractivity contribution is 5.96. The number of carbonyl (C=O) groups excluding carboxylic acids is 2. The van der Waals surface area contributed by atoms with E-state index in [0.29, 0.717) is 23.4 Å². The molecule has 0 atom stereocenters. The first-order chi connectivity index (χ1) is 14.1. The maximum absolute atomic E-state index is 12.3. The topological polar surface area (TPSA) is 70.2 Å². The second-order valence-corrected chi connectivity index (χ2v) is 6.48. The lowest BCUT2D eigenvalue weighted by molar-refractivity contribution is -0.115. The molecular formula is C24H23N3O2. The zero-order chi connectivity index (χ0) is 20.6. The molecule has 0 aliphatic carbocycles. The van der Waals surface area contributed by atoms with Crippen molar-refractivity contribution in [1.29, 1.82) is 0 Å². The van der Waals surface area contributed by atoms with Crippen molar-refractivity contribution in [1.82, 2.24) is 10.9 Å². The summed E-state index contributed by atoms with van der Waals surface area (Å²) in [6.45, 7) is 5.76. The van der Waals surface area contributed by atoms with Gasteiger partial charge in [0.05, 0.1) is 5.70 Å². The van der Waals surface area contributed by atoms with Crippen molar-refractivity contribution < 1.29 is 9.59 Å². The number of anilines is 1. The van der Waals surface area contributed by atoms with Crippen LogP contribution in [0.3, 0.4) is 0 Å². The molecule has 146 valence electrons. The second kappa shape index (κ2) is 9.37. The van der Waals surface area contributed by atoms with Crippen molar-refractivity contribution in [2.75, 3.05) is 5.32 Å². The Morgan fingerprint density at radius 1 is 0.759 bits per heavy atom. The van der Waals surface area contributed by atoms with Gasteiger partial charge in [0.25, 0.3) is 5.91 Å². The van der Waals surface area contributed by atoms with E-state index in [2.05, 4.69) is 34.9 Å². The summed E-state index contributed by atoms with van der Waals surface area (Å²) in [6.07, 6.45) is 0.403. The van der Waals surface area contributed by atoms with Gasteiger partial charge >= 0.3 is 0 Å². The van der Waals surface area contributed by atoms with Crippen molar-refractivity contribution in [3.05, 3.63) is 96.6 Å². The molecule has 3 N–H and O–H groups in total. The molecule has 3 aromatic carbocycles. The fraction of sp³-hybridized carbons (Fsp3) is 0.0833. The summed E-state index contributed by atoms with van der Waals surface area (Å²) in [4.78, 5) is 23.7. The van der Waals surface area contributed by atoms with Crippen LogP contribution in [0.4, 0.5) is 5.69 Å². The molecule has 5 heteroatoms. The summed E-state index contributed by atoms with van der Waals surface area (Å²) in [5, 5.41) is 2.75. The number of hydrogen-bond acceptors (Lipinski definition) is 3. The van der Waals surface area contributed by atoms with Crippen molar-refractivity contribution in [3.8, 4) is 11.1 Å². The SMILES string of the molecule is C=C(NNC(=O)c1ccc(NC(=O)CC)cc1)c1ccc(-c2ccccc2)cc1. The minimum Gasteiger partial charge on any atom is -0.326 e. The largest absolute Gasteiger partial charge is 0.326 e. The van der Waals surface area contributed by atoms with Crippen LogP contribution in [0.5, 0.6) is 0 Å². The van der Waals surface area contributed by atoms with E-state index in [1.54, 1.807) is 31.2 Å². The molecule has 0 heterocycles. The van der Waals surface area contributed by atoms with Gasteiger partial charge in [0.2, 0.25) is 5.91 Å². The summed E-state index contributed by atoms with van der Waals surface area (Å²) in [5.74, 6) is -0.362. The van der Waals surface area contributed by atoms with Crippen LogP contribution in [0.2, 0.25) is 0 Å². The molecule has 0 aromatic heterocycles. The van der Waals surface area contributed by atoms with E-state index in [-0.39, 0.29) is 11.8 Å². The zero-order valence-corrected chi connectivity index (χ0v) is 16.2. The van der Waals surface area contributed by atoms with Gasteiger partial charge in [-0.25, -0.2) is 0 Å². The number of nitrogens with one attached hydrogen (secondary N) is 3. The second-order valence-electron chi connectivity index (χ2n) is 6.48. The predicted octanol–water partition coefficient (Wildman–Crippen LogP) is 4.61. The van der Waals surface area contributed by atoms with Crippen LogP contribution >= 0.6 is 0 Å². The van der Waals surface area contributed by atoms with Crippen LogP contribution in [0.1, 0.15) is 29.3 Å². The van der Waals surface area contributed by atoms with Gasteiger partial charge in [0.1, 0.15) is 0 Å². The fourth-order valence-electron chi connectivity index (χ4n) is 2.73. The van der Waals surface area contributed by atoms with E-state index in [9.17, 15) is 9.59 Å². The fourth-order valence-corrected chi connectivity index (χ4v) is 2.73. The lowest BCUT2D eigenvalue weighted by atomic mass is 10.0. The average Bonchev–Trinajstić information content (AvgIpc) is 2.78. The number of hydrazine groups is 1. The van der Waals surface area contributed by atoms with Crippen molar-refractivity contribution in [2.24, 2.45) is 0 Å². The van der Waals surface area contributed by atoms with Crippen molar-refractivity contribution >= 4 is 23.2 Å². The van der Waals surface area contributed by atoms with Crippen molar-refractivity contribution in [3.63, 3.8) is 0 Å². The molecule has 0 fully saturated rings. The highest BCUT2D eigenvalue weighted by Crippen LogP contribution is 2.21. The van der Waals surface area contributed by atoms with E-state index < -0.39 is 0 Å². The Labute approximate surface area is 170 Å². The number of carbonyl (C=O) groups is 2. The van der Waals surface area contributed by atoms with Gasteiger partial charge in [-0.3, -0.25) is 20.4 Å². The smallest absolute Gasteiger partial charge is 0.269 e. The Morgan fingerprint density at radius 2 is 1.34 bits per heavy atom. The Morgan fingerprint density at radius 3 is 1.97 bits per heavy atom.